The highest BCUT2D eigenvalue weighted by molar-refractivity contribution is 7.13. The van der Waals surface area contributed by atoms with E-state index in [-0.39, 0.29) is 0 Å². The number of aromatic nitrogens is 2. The van der Waals surface area contributed by atoms with Crippen molar-refractivity contribution >= 4 is 16.5 Å². The zero-order valence-electron chi connectivity index (χ0n) is 10.1. The summed E-state index contributed by atoms with van der Waals surface area (Å²) in [5, 5.41) is 12.2. The smallest absolute Gasteiger partial charge is 0.205 e. The van der Waals surface area contributed by atoms with Gasteiger partial charge >= 0.3 is 0 Å². The quantitative estimate of drug-likeness (QED) is 0.915. The molecule has 1 aliphatic heterocycles. The molecule has 1 fully saturated rings. The molecule has 18 heavy (non-hydrogen) atoms. The second-order valence-corrected chi connectivity index (χ2v) is 5.43. The number of benzene rings is 1. The van der Waals surface area contributed by atoms with Gasteiger partial charge in [0.1, 0.15) is 5.51 Å². The van der Waals surface area contributed by atoms with Crippen LogP contribution in [-0.4, -0.2) is 34.2 Å². The number of anilines is 1. The highest BCUT2D eigenvalue weighted by atomic mass is 32.1. The van der Waals surface area contributed by atoms with E-state index >= 15 is 0 Å². The molecule has 0 amide bonds. The van der Waals surface area contributed by atoms with E-state index in [0.717, 1.165) is 24.8 Å². The Balaban J connectivity index is 1.52. The summed E-state index contributed by atoms with van der Waals surface area (Å²) in [7, 11) is 0. The molecule has 1 aliphatic rings. The minimum absolute atomic E-state index is 0.502. The Hall–Kier alpha value is -1.46. The van der Waals surface area contributed by atoms with Crippen LogP contribution in [0, 0.1) is 0 Å². The second-order valence-electron chi connectivity index (χ2n) is 4.59. The van der Waals surface area contributed by atoms with Gasteiger partial charge in [0.05, 0.1) is 0 Å². The van der Waals surface area contributed by atoms with Gasteiger partial charge in [-0.05, 0) is 12.0 Å². The van der Waals surface area contributed by atoms with Crippen LogP contribution < -0.4 is 5.32 Å². The van der Waals surface area contributed by atoms with Crippen molar-refractivity contribution in [2.24, 2.45) is 0 Å². The van der Waals surface area contributed by atoms with Crippen molar-refractivity contribution < 1.29 is 0 Å². The number of hydrogen-bond acceptors (Lipinski definition) is 5. The monoisotopic (exact) mass is 260 g/mol. The lowest BCUT2D eigenvalue weighted by Crippen LogP contribution is -2.25. The average molecular weight is 260 g/mol. The number of nitrogens with zero attached hydrogens (tertiary/aromatic N) is 3. The fraction of sp³-hybridized carbons (Fsp3) is 0.385. The van der Waals surface area contributed by atoms with Crippen molar-refractivity contribution in [1.82, 2.24) is 15.1 Å². The Kier molecular flexibility index (Phi) is 3.52. The predicted molar refractivity (Wildman–Crippen MR) is 73.7 cm³/mol. The molecule has 1 saturated heterocycles. The first kappa shape index (κ1) is 11.6. The Labute approximate surface area is 111 Å². The van der Waals surface area contributed by atoms with E-state index < -0.39 is 0 Å². The van der Waals surface area contributed by atoms with Gasteiger partial charge in [-0.1, -0.05) is 41.7 Å². The van der Waals surface area contributed by atoms with Gasteiger partial charge in [0.25, 0.3) is 0 Å². The molecule has 1 aromatic carbocycles. The summed E-state index contributed by atoms with van der Waals surface area (Å²) in [6.45, 7) is 3.26. The Morgan fingerprint density at radius 1 is 1.33 bits per heavy atom. The van der Waals surface area contributed by atoms with Crippen LogP contribution in [0.5, 0.6) is 0 Å². The summed E-state index contributed by atoms with van der Waals surface area (Å²) in [4.78, 5) is 2.48. The van der Waals surface area contributed by atoms with Gasteiger partial charge in [-0.3, -0.25) is 4.90 Å². The van der Waals surface area contributed by atoms with Crippen molar-refractivity contribution in [2.75, 3.05) is 18.4 Å². The van der Waals surface area contributed by atoms with Crippen LogP contribution in [0.4, 0.5) is 5.13 Å². The Morgan fingerprint density at radius 3 is 3.00 bits per heavy atom. The summed E-state index contributed by atoms with van der Waals surface area (Å²) in [5.74, 6) is 0. The fourth-order valence-electron chi connectivity index (χ4n) is 2.35. The van der Waals surface area contributed by atoms with Gasteiger partial charge in [0.2, 0.25) is 5.13 Å². The summed E-state index contributed by atoms with van der Waals surface area (Å²) in [5.41, 5.74) is 3.15. The van der Waals surface area contributed by atoms with Crippen LogP contribution in [0.2, 0.25) is 0 Å². The van der Waals surface area contributed by atoms with E-state index in [1.165, 1.54) is 12.0 Å². The summed E-state index contributed by atoms with van der Waals surface area (Å²) >= 11 is 1.56. The molecule has 1 aromatic heterocycles. The number of hydrogen-bond donors (Lipinski definition) is 1. The highest BCUT2D eigenvalue weighted by Gasteiger charge is 2.22. The lowest BCUT2D eigenvalue weighted by atomic mass is 10.2. The highest BCUT2D eigenvalue weighted by Crippen LogP contribution is 2.18. The van der Waals surface area contributed by atoms with E-state index in [1.54, 1.807) is 16.8 Å². The van der Waals surface area contributed by atoms with Gasteiger partial charge in [-0.2, -0.15) is 0 Å². The zero-order chi connectivity index (χ0) is 12.2. The summed E-state index contributed by atoms with van der Waals surface area (Å²) in [6, 6.07) is 11.1. The minimum atomic E-state index is 0.502. The maximum Gasteiger partial charge on any atom is 0.205 e. The molecule has 1 atom stereocenters. The Bertz CT molecular complexity index is 471. The first-order valence-electron chi connectivity index (χ1n) is 6.19. The molecule has 4 nitrogen and oxygen atoms in total. The number of nitrogens with one attached hydrogen (secondary N) is 1. The molecule has 0 spiro atoms. The van der Waals surface area contributed by atoms with E-state index in [9.17, 15) is 0 Å². The third kappa shape index (κ3) is 2.86. The van der Waals surface area contributed by atoms with Crippen molar-refractivity contribution in [1.29, 1.82) is 0 Å². The van der Waals surface area contributed by atoms with Gasteiger partial charge in [0.15, 0.2) is 0 Å². The molecule has 1 unspecified atom stereocenters. The average Bonchev–Trinajstić information content (AvgIpc) is 3.03. The van der Waals surface area contributed by atoms with E-state index in [2.05, 4.69) is 50.7 Å². The normalized spacial score (nSPS) is 20.1. The fourth-order valence-corrected chi connectivity index (χ4v) is 2.87. The standard InChI is InChI=1S/C13H16N4S/c1-2-4-11(5-3-1)8-17-7-6-12(9-17)15-13-16-14-10-18-13/h1-5,10,12H,6-9H2,(H,15,16). The first-order chi connectivity index (χ1) is 8.90. The molecular weight excluding hydrogens is 244 g/mol. The predicted octanol–water partition coefficient (Wildman–Crippen LogP) is 2.22. The van der Waals surface area contributed by atoms with Crippen LogP contribution in [-0.2, 0) is 6.54 Å². The SMILES string of the molecule is c1ccc(CN2CCC(Nc3nncs3)C2)cc1. The minimum Gasteiger partial charge on any atom is -0.356 e. The van der Waals surface area contributed by atoms with Crippen molar-refractivity contribution in [3.63, 3.8) is 0 Å². The lowest BCUT2D eigenvalue weighted by molar-refractivity contribution is 0.328. The lowest BCUT2D eigenvalue weighted by Gasteiger charge is -2.16. The second kappa shape index (κ2) is 5.46. The third-order valence-corrected chi connectivity index (χ3v) is 3.83. The summed E-state index contributed by atoms with van der Waals surface area (Å²) in [6.07, 6.45) is 1.17. The number of rotatable bonds is 4. The molecule has 0 radical (unpaired) electrons. The summed E-state index contributed by atoms with van der Waals surface area (Å²) < 4.78 is 0. The molecule has 94 valence electrons. The zero-order valence-corrected chi connectivity index (χ0v) is 10.9. The van der Waals surface area contributed by atoms with Crippen molar-refractivity contribution in [3.8, 4) is 0 Å². The first-order valence-corrected chi connectivity index (χ1v) is 7.07. The molecule has 2 heterocycles. The van der Waals surface area contributed by atoms with E-state index in [4.69, 9.17) is 0 Å². The van der Waals surface area contributed by atoms with Crippen LogP contribution in [0.15, 0.2) is 35.8 Å². The van der Waals surface area contributed by atoms with Crippen LogP contribution in [0.25, 0.3) is 0 Å². The molecule has 2 aromatic rings. The van der Waals surface area contributed by atoms with Gasteiger partial charge in [-0.15, -0.1) is 10.2 Å². The van der Waals surface area contributed by atoms with Crippen molar-refractivity contribution in [2.45, 2.75) is 19.0 Å². The Morgan fingerprint density at radius 2 is 2.22 bits per heavy atom. The molecular formula is C13H16N4S. The van der Waals surface area contributed by atoms with Crippen LogP contribution in [0.1, 0.15) is 12.0 Å². The topological polar surface area (TPSA) is 41.0 Å². The maximum absolute atomic E-state index is 4.03. The van der Waals surface area contributed by atoms with Gasteiger partial charge in [-0.25, -0.2) is 0 Å². The van der Waals surface area contributed by atoms with Crippen LogP contribution in [0.3, 0.4) is 0 Å². The van der Waals surface area contributed by atoms with Gasteiger partial charge < -0.3 is 5.32 Å². The van der Waals surface area contributed by atoms with Gasteiger partial charge in [0, 0.05) is 25.7 Å². The third-order valence-electron chi connectivity index (χ3n) is 3.21. The van der Waals surface area contributed by atoms with E-state index in [1.807, 2.05) is 0 Å². The number of likely N-dealkylation sites (tertiary alicyclic amines) is 1. The molecule has 3 rings (SSSR count). The molecule has 0 saturated carbocycles. The van der Waals surface area contributed by atoms with Crippen molar-refractivity contribution in [3.05, 3.63) is 41.4 Å². The van der Waals surface area contributed by atoms with E-state index in [0.29, 0.717) is 6.04 Å². The molecule has 0 aliphatic carbocycles. The largest absolute Gasteiger partial charge is 0.356 e. The van der Waals surface area contributed by atoms with Crippen LogP contribution >= 0.6 is 11.3 Å². The molecule has 0 bridgehead atoms. The maximum atomic E-state index is 4.03. The molecule has 1 N–H and O–H groups in total. The molecule has 5 heteroatoms.